The van der Waals surface area contributed by atoms with Crippen LogP contribution in [0.1, 0.15) is 41.4 Å². The van der Waals surface area contributed by atoms with E-state index in [0.29, 0.717) is 23.3 Å². The van der Waals surface area contributed by atoms with Gasteiger partial charge in [-0.25, -0.2) is 9.18 Å². The molecule has 0 spiro atoms. The monoisotopic (exact) mass is 452 g/mol. The fourth-order valence-corrected chi connectivity index (χ4v) is 4.46. The van der Waals surface area contributed by atoms with Crippen molar-refractivity contribution in [3.8, 4) is 0 Å². The molecule has 1 aromatic heterocycles. The third-order valence-corrected chi connectivity index (χ3v) is 6.23. The summed E-state index contributed by atoms with van der Waals surface area (Å²) in [5, 5.41) is 2.76. The molecule has 5 nitrogen and oxygen atoms in total. The second kappa shape index (κ2) is 7.90. The molecule has 0 bridgehead atoms. The number of imide groups is 1. The van der Waals surface area contributed by atoms with Crippen molar-refractivity contribution >= 4 is 45.0 Å². The Morgan fingerprint density at radius 3 is 2.52 bits per heavy atom. The van der Waals surface area contributed by atoms with Crippen LogP contribution >= 0.6 is 27.3 Å². The second-order valence-electron chi connectivity index (χ2n) is 6.36. The Labute approximate surface area is 168 Å². The van der Waals surface area contributed by atoms with Crippen molar-refractivity contribution < 1.29 is 18.8 Å². The number of Topliss-reactive ketones (excluding diaryl/α,β-unsaturated/α-hetero) is 1. The summed E-state index contributed by atoms with van der Waals surface area (Å²) in [4.78, 5) is 39.6. The van der Waals surface area contributed by atoms with Crippen molar-refractivity contribution in [3.05, 3.63) is 56.4 Å². The molecule has 1 aliphatic heterocycles. The number of amides is 3. The van der Waals surface area contributed by atoms with Crippen molar-refractivity contribution in [1.82, 2.24) is 10.2 Å². The van der Waals surface area contributed by atoms with Crippen LogP contribution in [0, 0.1) is 5.82 Å². The number of rotatable bonds is 7. The van der Waals surface area contributed by atoms with Crippen molar-refractivity contribution in [2.45, 2.75) is 31.7 Å². The Balaban J connectivity index is 1.90. The third-order valence-electron chi connectivity index (χ3n) is 4.57. The Morgan fingerprint density at radius 1 is 1.22 bits per heavy atom. The lowest BCUT2D eigenvalue weighted by Crippen LogP contribution is -2.44. The van der Waals surface area contributed by atoms with Gasteiger partial charge >= 0.3 is 6.03 Å². The zero-order valence-corrected chi connectivity index (χ0v) is 17.0. The Bertz CT molecular complexity index is 883. The molecule has 0 radical (unpaired) electrons. The highest BCUT2D eigenvalue weighted by molar-refractivity contribution is 9.11. The topological polar surface area (TPSA) is 66.5 Å². The van der Waals surface area contributed by atoms with E-state index in [2.05, 4.69) is 21.2 Å². The normalized spacial score (nSPS) is 19.4. The fraction of sp³-hybridized carbons (Fsp3) is 0.316. The summed E-state index contributed by atoms with van der Waals surface area (Å²) in [7, 11) is 0. The molecule has 1 atom stereocenters. The molecule has 8 heteroatoms. The number of ketones is 1. The van der Waals surface area contributed by atoms with Gasteiger partial charge in [0.1, 0.15) is 11.4 Å². The van der Waals surface area contributed by atoms with Crippen LogP contribution in [-0.4, -0.2) is 29.2 Å². The van der Waals surface area contributed by atoms with Crippen molar-refractivity contribution in [2.24, 2.45) is 0 Å². The first-order chi connectivity index (χ1) is 12.9. The highest BCUT2D eigenvalue weighted by atomic mass is 79.9. The summed E-state index contributed by atoms with van der Waals surface area (Å²) in [6.07, 6.45) is 1.91. The lowest BCUT2D eigenvalue weighted by Gasteiger charge is -2.27. The summed E-state index contributed by atoms with van der Waals surface area (Å²) >= 11 is 4.54. The van der Waals surface area contributed by atoms with Gasteiger partial charge in [-0.15, -0.1) is 11.3 Å². The van der Waals surface area contributed by atoms with Crippen molar-refractivity contribution in [3.63, 3.8) is 0 Å². The standard InChI is InChI=1S/C19H18BrFN2O3S/c1-2-3-10-19(12-4-6-13(21)7-5-12)17(25)23(18(26)22-19)11-14(24)15-8-9-16(20)27-15/h4-9H,2-3,10-11H2,1H3,(H,22,26)/t19-/m0/s1. The summed E-state index contributed by atoms with van der Waals surface area (Å²) in [6, 6.07) is 8.33. The van der Waals surface area contributed by atoms with Gasteiger partial charge in [-0.1, -0.05) is 31.9 Å². The smallest absolute Gasteiger partial charge is 0.319 e. The lowest BCUT2D eigenvalue weighted by molar-refractivity contribution is -0.131. The van der Waals surface area contributed by atoms with Gasteiger partial charge in [-0.3, -0.25) is 14.5 Å². The number of nitrogens with one attached hydrogen (secondary N) is 1. The van der Waals surface area contributed by atoms with Gasteiger partial charge in [0.2, 0.25) is 0 Å². The van der Waals surface area contributed by atoms with Crippen LogP contribution in [0.5, 0.6) is 0 Å². The molecule has 2 heterocycles. The van der Waals surface area contributed by atoms with E-state index in [9.17, 15) is 18.8 Å². The van der Waals surface area contributed by atoms with E-state index >= 15 is 0 Å². The Kier molecular flexibility index (Phi) is 5.76. The molecule has 27 heavy (non-hydrogen) atoms. The first kappa shape index (κ1) is 19.7. The van der Waals surface area contributed by atoms with Gasteiger partial charge < -0.3 is 5.32 Å². The zero-order valence-electron chi connectivity index (χ0n) is 14.6. The summed E-state index contributed by atoms with van der Waals surface area (Å²) in [5.74, 6) is -1.20. The summed E-state index contributed by atoms with van der Waals surface area (Å²) in [5.41, 5.74) is -0.749. The molecule has 2 aromatic rings. The molecule has 1 aliphatic rings. The third kappa shape index (κ3) is 3.82. The fourth-order valence-electron chi connectivity index (χ4n) is 3.14. The molecule has 1 aromatic carbocycles. The highest BCUT2D eigenvalue weighted by Crippen LogP contribution is 2.34. The van der Waals surface area contributed by atoms with Crippen molar-refractivity contribution in [1.29, 1.82) is 0 Å². The Hall–Kier alpha value is -2.06. The second-order valence-corrected chi connectivity index (χ2v) is 8.83. The van der Waals surface area contributed by atoms with E-state index in [4.69, 9.17) is 0 Å². The molecule has 0 aliphatic carbocycles. The van der Waals surface area contributed by atoms with Crippen LogP contribution in [-0.2, 0) is 10.3 Å². The van der Waals surface area contributed by atoms with Crippen LogP contribution in [0.3, 0.4) is 0 Å². The molecule has 0 saturated carbocycles. The molecular formula is C19H18BrFN2O3S. The number of thiophene rings is 1. The number of carbonyl (C=O) groups excluding carboxylic acids is 3. The molecule has 0 unspecified atom stereocenters. The van der Waals surface area contributed by atoms with Crippen LogP contribution in [0.4, 0.5) is 9.18 Å². The average molecular weight is 453 g/mol. The van der Waals surface area contributed by atoms with Crippen LogP contribution in [0.15, 0.2) is 40.2 Å². The van der Waals surface area contributed by atoms with Gasteiger partial charge in [0.05, 0.1) is 15.2 Å². The van der Waals surface area contributed by atoms with E-state index < -0.39 is 23.3 Å². The van der Waals surface area contributed by atoms with E-state index in [0.717, 1.165) is 15.1 Å². The maximum absolute atomic E-state index is 13.3. The zero-order chi connectivity index (χ0) is 19.6. The molecule has 142 valence electrons. The maximum Gasteiger partial charge on any atom is 0.325 e. The van der Waals surface area contributed by atoms with Crippen molar-refractivity contribution in [2.75, 3.05) is 6.54 Å². The van der Waals surface area contributed by atoms with E-state index in [1.165, 1.54) is 35.6 Å². The minimum Gasteiger partial charge on any atom is -0.319 e. The van der Waals surface area contributed by atoms with Crippen LogP contribution in [0.2, 0.25) is 0 Å². The number of urea groups is 1. The number of unbranched alkanes of at least 4 members (excludes halogenated alkanes) is 1. The summed E-state index contributed by atoms with van der Waals surface area (Å²) < 4.78 is 14.1. The van der Waals surface area contributed by atoms with E-state index in [1.807, 2.05) is 6.92 Å². The van der Waals surface area contributed by atoms with Gasteiger partial charge in [0, 0.05) is 0 Å². The first-order valence-corrected chi connectivity index (χ1v) is 10.2. The molecule has 3 amide bonds. The SMILES string of the molecule is CCCC[C@@]1(c2ccc(F)cc2)NC(=O)N(CC(=O)c2ccc(Br)s2)C1=O. The minimum absolute atomic E-state index is 0.306. The van der Waals surface area contributed by atoms with Gasteiger partial charge in [0.15, 0.2) is 5.78 Å². The predicted molar refractivity (Wildman–Crippen MR) is 104 cm³/mol. The van der Waals surface area contributed by atoms with E-state index in [1.54, 1.807) is 12.1 Å². The maximum atomic E-state index is 13.3. The number of halogens is 2. The van der Waals surface area contributed by atoms with Gasteiger partial charge in [-0.2, -0.15) is 0 Å². The van der Waals surface area contributed by atoms with Crippen LogP contribution in [0.25, 0.3) is 0 Å². The summed E-state index contributed by atoms with van der Waals surface area (Å²) in [6.45, 7) is 1.66. The average Bonchev–Trinajstić information content (AvgIpc) is 3.18. The number of hydrogen-bond acceptors (Lipinski definition) is 4. The highest BCUT2D eigenvalue weighted by Gasteiger charge is 2.52. The molecular weight excluding hydrogens is 435 g/mol. The predicted octanol–water partition coefficient (Wildman–Crippen LogP) is 4.47. The number of hydrogen-bond donors (Lipinski definition) is 1. The largest absolute Gasteiger partial charge is 0.325 e. The number of carbonyl (C=O) groups is 3. The number of nitrogens with zero attached hydrogens (tertiary/aromatic N) is 1. The van der Waals surface area contributed by atoms with Gasteiger partial charge in [0.25, 0.3) is 5.91 Å². The minimum atomic E-state index is -1.27. The molecule has 1 N–H and O–H groups in total. The Morgan fingerprint density at radius 2 is 1.93 bits per heavy atom. The van der Waals surface area contributed by atoms with Crippen LogP contribution < -0.4 is 5.32 Å². The molecule has 1 saturated heterocycles. The first-order valence-electron chi connectivity index (χ1n) is 8.56. The molecule has 3 rings (SSSR count). The number of benzene rings is 1. The molecule has 1 fully saturated rings. The lowest BCUT2D eigenvalue weighted by atomic mass is 9.84. The van der Waals surface area contributed by atoms with E-state index in [-0.39, 0.29) is 12.3 Å². The quantitative estimate of drug-likeness (QED) is 0.497. The van der Waals surface area contributed by atoms with Gasteiger partial charge in [-0.05, 0) is 52.2 Å².